The molecule has 2 amide bonds. The summed E-state index contributed by atoms with van der Waals surface area (Å²) in [4.78, 5) is 23.0. The van der Waals surface area contributed by atoms with Gasteiger partial charge in [-0.25, -0.2) is 0 Å². The van der Waals surface area contributed by atoms with Crippen LogP contribution in [-0.2, 0) is 6.54 Å². The van der Waals surface area contributed by atoms with Crippen molar-refractivity contribution in [2.45, 2.75) is 6.54 Å². The average molecular weight is 269 g/mol. The number of nitrogens with two attached hydrogens (primary N) is 2. The first-order chi connectivity index (χ1) is 9.56. The number of benzene rings is 2. The first-order valence-electron chi connectivity index (χ1n) is 6.09. The summed E-state index contributed by atoms with van der Waals surface area (Å²) in [6.07, 6.45) is 0. The molecule has 20 heavy (non-hydrogen) atoms. The molecule has 0 aliphatic rings. The van der Waals surface area contributed by atoms with Gasteiger partial charge < -0.3 is 16.8 Å². The largest absolute Gasteiger partial charge is 0.399 e. The number of nitrogens with one attached hydrogen (secondary N) is 1. The molecule has 2 aromatic rings. The Labute approximate surface area is 116 Å². The van der Waals surface area contributed by atoms with Crippen molar-refractivity contribution in [3.8, 4) is 0 Å². The van der Waals surface area contributed by atoms with Gasteiger partial charge in [0.15, 0.2) is 0 Å². The topological polar surface area (TPSA) is 98.2 Å². The van der Waals surface area contributed by atoms with Crippen molar-refractivity contribution >= 4 is 17.5 Å². The minimum Gasteiger partial charge on any atom is -0.399 e. The van der Waals surface area contributed by atoms with Crippen LogP contribution in [0.3, 0.4) is 0 Å². The molecule has 0 radical (unpaired) electrons. The minimum absolute atomic E-state index is 0.259. The molecule has 0 saturated heterocycles. The predicted octanol–water partition coefficient (Wildman–Crippen LogP) is 1.30. The molecule has 0 aliphatic heterocycles. The van der Waals surface area contributed by atoms with Crippen molar-refractivity contribution in [1.29, 1.82) is 0 Å². The van der Waals surface area contributed by atoms with Crippen molar-refractivity contribution in [1.82, 2.24) is 5.32 Å². The van der Waals surface area contributed by atoms with Crippen molar-refractivity contribution in [3.05, 3.63) is 65.2 Å². The lowest BCUT2D eigenvalue weighted by atomic mass is 10.1. The Bertz CT molecular complexity index is 636. The van der Waals surface area contributed by atoms with Crippen LogP contribution in [0, 0.1) is 0 Å². The summed E-state index contributed by atoms with van der Waals surface area (Å²) in [6, 6.07) is 13.5. The molecule has 0 aliphatic carbocycles. The zero-order valence-electron chi connectivity index (χ0n) is 10.8. The summed E-state index contributed by atoms with van der Waals surface area (Å²) in [5.41, 5.74) is 13.1. The van der Waals surface area contributed by atoms with E-state index >= 15 is 0 Å². The second-order valence-electron chi connectivity index (χ2n) is 4.37. The van der Waals surface area contributed by atoms with E-state index in [1.807, 2.05) is 12.1 Å². The lowest BCUT2D eigenvalue weighted by Gasteiger charge is -2.06. The van der Waals surface area contributed by atoms with Crippen molar-refractivity contribution in [2.75, 3.05) is 5.73 Å². The minimum atomic E-state index is -0.557. The van der Waals surface area contributed by atoms with Crippen molar-refractivity contribution < 1.29 is 9.59 Å². The van der Waals surface area contributed by atoms with Crippen LogP contribution in [0.4, 0.5) is 5.69 Å². The Balaban J connectivity index is 2.03. The van der Waals surface area contributed by atoms with E-state index in [-0.39, 0.29) is 5.91 Å². The van der Waals surface area contributed by atoms with Gasteiger partial charge >= 0.3 is 0 Å². The smallest absolute Gasteiger partial charge is 0.251 e. The summed E-state index contributed by atoms with van der Waals surface area (Å²) in [7, 11) is 0. The van der Waals surface area contributed by atoms with Crippen LogP contribution in [0.2, 0.25) is 0 Å². The van der Waals surface area contributed by atoms with Crippen LogP contribution >= 0.6 is 0 Å². The highest BCUT2D eigenvalue weighted by Crippen LogP contribution is 2.07. The monoisotopic (exact) mass is 269 g/mol. The molecule has 0 bridgehead atoms. The number of amides is 2. The van der Waals surface area contributed by atoms with E-state index < -0.39 is 5.91 Å². The maximum atomic E-state index is 12.0. The van der Waals surface area contributed by atoms with Gasteiger partial charge in [-0.15, -0.1) is 0 Å². The summed E-state index contributed by atoms with van der Waals surface area (Å²) in [6.45, 7) is 0.389. The molecule has 2 rings (SSSR count). The zero-order valence-corrected chi connectivity index (χ0v) is 10.8. The summed E-state index contributed by atoms with van der Waals surface area (Å²) < 4.78 is 0. The van der Waals surface area contributed by atoms with Gasteiger partial charge in [-0.2, -0.15) is 0 Å². The Morgan fingerprint density at radius 2 is 1.65 bits per heavy atom. The molecule has 0 aromatic heterocycles. The van der Waals surface area contributed by atoms with Crippen LogP contribution in [0.5, 0.6) is 0 Å². The third-order valence-corrected chi connectivity index (χ3v) is 2.84. The van der Waals surface area contributed by atoms with E-state index in [1.54, 1.807) is 30.3 Å². The molecule has 5 nitrogen and oxygen atoms in total. The fourth-order valence-corrected chi connectivity index (χ4v) is 1.73. The van der Waals surface area contributed by atoms with Gasteiger partial charge in [-0.1, -0.05) is 18.2 Å². The molecular formula is C15H15N3O2. The van der Waals surface area contributed by atoms with Crippen LogP contribution in [0.1, 0.15) is 26.3 Å². The van der Waals surface area contributed by atoms with Gasteiger partial charge in [0, 0.05) is 23.4 Å². The number of carbonyl (C=O) groups is 2. The molecule has 0 spiro atoms. The van der Waals surface area contributed by atoms with Crippen LogP contribution in [0.25, 0.3) is 0 Å². The molecule has 5 heteroatoms. The second-order valence-corrected chi connectivity index (χ2v) is 4.37. The van der Waals surface area contributed by atoms with E-state index in [0.29, 0.717) is 23.4 Å². The number of primary amides is 1. The molecule has 102 valence electrons. The first kappa shape index (κ1) is 13.6. The number of rotatable bonds is 4. The van der Waals surface area contributed by atoms with Gasteiger partial charge in [0.05, 0.1) is 0 Å². The Kier molecular flexibility index (Phi) is 4.00. The molecule has 0 fully saturated rings. The standard InChI is InChI=1S/C15H15N3O2/c16-13-6-4-10(5-7-13)9-18-15(20)12-3-1-2-11(8-12)14(17)19/h1-8H,9,16H2,(H2,17,19)(H,18,20). The van der Waals surface area contributed by atoms with Crippen LogP contribution in [-0.4, -0.2) is 11.8 Å². The lowest BCUT2D eigenvalue weighted by molar-refractivity contribution is 0.0951. The van der Waals surface area contributed by atoms with Crippen LogP contribution in [0.15, 0.2) is 48.5 Å². The highest BCUT2D eigenvalue weighted by Gasteiger charge is 2.08. The summed E-state index contributed by atoms with van der Waals surface area (Å²) >= 11 is 0. The van der Waals surface area contributed by atoms with E-state index in [1.165, 1.54) is 6.07 Å². The first-order valence-corrected chi connectivity index (χ1v) is 6.09. The highest BCUT2D eigenvalue weighted by atomic mass is 16.2. The summed E-state index contributed by atoms with van der Waals surface area (Å²) in [5, 5.41) is 2.77. The Morgan fingerprint density at radius 1 is 1.00 bits per heavy atom. The normalized spacial score (nSPS) is 10.0. The maximum Gasteiger partial charge on any atom is 0.251 e. The molecular weight excluding hydrogens is 254 g/mol. The second kappa shape index (κ2) is 5.88. The third kappa shape index (κ3) is 3.35. The molecule has 2 aromatic carbocycles. The van der Waals surface area contributed by atoms with Gasteiger partial charge in [-0.05, 0) is 35.9 Å². The van der Waals surface area contributed by atoms with Gasteiger partial charge in [-0.3, -0.25) is 9.59 Å². The predicted molar refractivity (Wildman–Crippen MR) is 77.0 cm³/mol. The molecule has 0 saturated carbocycles. The van der Waals surface area contributed by atoms with E-state index in [2.05, 4.69) is 5.32 Å². The van der Waals surface area contributed by atoms with Crippen molar-refractivity contribution in [3.63, 3.8) is 0 Å². The molecule has 0 heterocycles. The Hall–Kier alpha value is -2.82. The third-order valence-electron chi connectivity index (χ3n) is 2.84. The maximum absolute atomic E-state index is 12.0. The van der Waals surface area contributed by atoms with E-state index in [0.717, 1.165) is 5.56 Å². The van der Waals surface area contributed by atoms with Gasteiger partial charge in [0.2, 0.25) is 5.91 Å². The molecule has 5 N–H and O–H groups in total. The summed E-state index contributed by atoms with van der Waals surface area (Å²) in [5.74, 6) is -0.817. The number of nitrogen functional groups attached to an aromatic ring is 1. The number of hydrogen-bond acceptors (Lipinski definition) is 3. The van der Waals surface area contributed by atoms with Crippen LogP contribution < -0.4 is 16.8 Å². The van der Waals surface area contributed by atoms with Gasteiger partial charge in [0.25, 0.3) is 5.91 Å². The zero-order chi connectivity index (χ0) is 14.5. The number of hydrogen-bond donors (Lipinski definition) is 3. The quantitative estimate of drug-likeness (QED) is 0.729. The average Bonchev–Trinajstić information content (AvgIpc) is 2.46. The van der Waals surface area contributed by atoms with E-state index in [4.69, 9.17) is 11.5 Å². The number of carbonyl (C=O) groups excluding carboxylic acids is 2. The SMILES string of the molecule is NC(=O)c1cccc(C(=O)NCc2ccc(N)cc2)c1. The molecule has 0 atom stereocenters. The number of anilines is 1. The van der Waals surface area contributed by atoms with Gasteiger partial charge in [0.1, 0.15) is 0 Å². The highest BCUT2D eigenvalue weighted by molar-refractivity contribution is 5.99. The Morgan fingerprint density at radius 3 is 2.30 bits per heavy atom. The van der Waals surface area contributed by atoms with E-state index in [9.17, 15) is 9.59 Å². The van der Waals surface area contributed by atoms with Crippen molar-refractivity contribution in [2.24, 2.45) is 5.73 Å². The molecule has 0 unspecified atom stereocenters. The fraction of sp³-hybridized carbons (Fsp3) is 0.0667. The fourth-order valence-electron chi connectivity index (χ4n) is 1.73. The lowest BCUT2D eigenvalue weighted by Crippen LogP contribution is -2.23.